The number of hydrogen-bond donors (Lipinski definition) is 0. The number of rotatable bonds is 3. The molecular weight excluding hydrogens is 162 g/mol. The van der Waals surface area contributed by atoms with Crippen LogP contribution in [0.5, 0.6) is 0 Å². The third-order valence-corrected chi connectivity index (χ3v) is 2.51. The topological polar surface area (TPSA) is 22.1 Å². The smallest absolute Gasteiger partial charge is 0.0735 e. The van der Waals surface area contributed by atoms with Gasteiger partial charge in [0.2, 0.25) is 0 Å². The zero-order valence-corrected chi connectivity index (χ0v) is 7.99. The highest BCUT2D eigenvalue weighted by atomic mass is 16.5. The molecule has 1 aromatic rings. The van der Waals surface area contributed by atoms with Gasteiger partial charge in [0, 0.05) is 11.9 Å². The van der Waals surface area contributed by atoms with Crippen molar-refractivity contribution in [1.82, 2.24) is 4.98 Å². The zero-order chi connectivity index (χ0) is 9.10. The Morgan fingerprint density at radius 2 is 2.31 bits per heavy atom. The Morgan fingerprint density at radius 3 is 2.85 bits per heavy atom. The molecule has 2 heteroatoms. The number of aryl methyl sites for hydroxylation is 1. The number of pyridine rings is 1. The Bertz CT molecular complexity index is 264. The summed E-state index contributed by atoms with van der Waals surface area (Å²) >= 11 is 0. The van der Waals surface area contributed by atoms with Gasteiger partial charge in [0.05, 0.1) is 12.7 Å². The van der Waals surface area contributed by atoms with Crippen LogP contribution >= 0.6 is 0 Å². The van der Waals surface area contributed by atoms with Crippen molar-refractivity contribution in [2.75, 3.05) is 0 Å². The summed E-state index contributed by atoms with van der Waals surface area (Å²) in [5.74, 6) is 0. The maximum Gasteiger partial charge on any atom is 0.0735 e. The van der Waals surface area contributed by atoms with Crippen LogP contribution in [0.3, 0.4) is 0 Å². The van der Waals surface area contributed by atoms with Gasteiger partial charge < -0.3 is 4.74 Å². The summed E-state index contributed by atoms with van der Waals surface area (Å²) in [4.78, 5) is 4.22. The highest BCUT2D eigenvalue weighted by Gasteiger charge is 2.17. The SMILES string of the molecule is Cc1ccc(COC2CCC2)cn1. The predicted molar refractivity (Wildman–Crippen MR) is 51.4 cm³/mol. The second-order valence-electron chi connectivity index (χ2n) is 3.67. The minimum absolute atomic E-state index is 0.515. The molecule has 0 saturated heterocycles. The molecule has 1 aromatic heterocycles. The van der Waals surface area contributed by atoms with Crippen molar-refractivity contribution >= 4 is 0 Å². The molecule has 1 heterocycles. The second-order valence-corrected chi connectivity index (χ2v) is 3.67. The molecule has 0 unspecified atom stereocenters. The van der Waals surface area contributed by atoms with Crippen molar-refractivity contribution in [3.63, 3.8) is 0 Å². The quantitative estimate of drug-likeness (QED) is 0.707. The van der Waals surface area contributed by atoms with Crippen molar-refractivity contribution in [1.29, 1.82) is 0 Å². The lowest BCUT2D eigenvalue weighted by Gasteiger charge is -2.25. The third kappa shape index (κ3) is 2.28. The molecule has 13 heavy (non-hydrogen) atoms. The average molecular weight is 177 g/mol. The lowest BCUT2D eigenvalue weighted by molar-refractivity contribution is -0.00877. The Morgan fingerprint density at radius 1 is 1.46 bits per heavy atom. The van der Waals surface area contributed by atoms with Crippen LogP contribution in [0.1, 0.15) is 30.5 Å². The number of aromatic nitrogens is 1. The molecule has 70 valence electrons. The molecular formula is C11H15NO. The highest BCUT2D eigenvalue weighted by molar-refractivity contribution is 5.12. The molecule has 1 fully saturated rings. The summed E-state index contributed by atoms with van der Waals surface area (Å²) in [6, 6.07) is 4.11. The van der Waals surface area contributed by atoms with E-state index in [1.165, 1.54) is 24.8 Å². The van der Waals surface area contributed by atoms with Crippen molar-refractivity contribution in [2.24, 2.45) is 0 Å². The van der Waals surface area contributed by atoms with E-state index in [1.54, 1.807) is 0 Å². The fourth-order valence-corrected chi connectivity index (χ4v) is 1.34. The van der Waals surface area contributed by atoms with Gasteiger partial charge in [-0.1, -0.05) is 6.07 Å². The van der Waals surface area contributed by atoms with Gasteiger partial charge in [0.25, 0.3) is 0 Å². The molecule has 0 atom stereocenters. The van der Waals surface area contributed by atoms with Crippen LogP contribution in [0.4, 0.5) is 0 Å². The monoisotopic (exact) mass is 177 g/mol. The first kappa shape index (κ1) is 8.70. The number of nitrogens with zero attached hydrogens (tertiary/aromatic N) is 1. The van der Waals surface area contributed by atoms with E-state index in [9.17, 15) is 0 Å². The van der Waals surface area contributed by atoms with Crippen LogP contribution < -0.4 is 0 Å². The van der Waals surface area contributed by atoms with Crippen molar-refractivity contribution < 1.29 is 4.74 Å². The zero-order valence-electron chi connectivity index (χ0n) is 7.99. The summed E-state index contributed by atoms with van der Waals surface area (Å²) in [7, 11) is 0. The molecule has 0 radical (unpaired) electrons. The molecule has 1 aliphatic carbocycles. The summed E-state index contributed by atoms with van der Waals surface area (Å²) < 4.78 is 5.66. The van der Waals surface area contributed by atoms with Gasteiger partial charge in [-0.15, -0.1) is 0 Å². The van der Waals surface area contributed by atoms with E-state index < -0.39 is 0 Å². The van der Waals surface area contributed by atoms with Crippen LogP contribution in [0.25, 0.3) is 0 Å². The number of ether oxygens (including phenoxy) is 1. The molecule has 2 rings (SSSR count). The maximum atomic E-state index is 5.66. The van der Waals surface area contributed by atoms with Gasteiger partial charge in [0.15, 0.2) is 0 Å². The van der Waals surface area contributed by atoms with E-state index in [1.807, 2.05) is 19.2 Å². The molecule has 0 amide bonds. The van der Waals surface area contributed by atoms with E-state index in [2.05, 4.69) is 11.1 Å². The predicted octanol–water partition coefficient (Wildman–Crippen LogP) is 2.46. The Kier molecular flexibility index (Phi) is 2.60. The molecule has 0 N–H and O–H groups in total. The first-order valence-electron chi connectivity index (χ1n) is 4.88. The molecule has 0 spiro atoms. The normalized spacial score (nSPS) is 17.0. The molecule has 2 nitrogen and oxygen atoms in total. The van der Waals surface area contributed by atoms with Crippen LogP contribution in [0, 0.1) is 6.92 Å². The maximum absolute atomic E-state index is 5.66. The van der Waals surface area contributed by atoms with Gasteiger partial charge in [-0.05, 0) is 37.8 Å². The van der Waals surface area contributed by atoms with E-state index in [4.69, 9.17) is 4.74 Å². The van der Waals surface area contributed by atoms with E-state index in [0.29, 0.717) is 6.10 Å². The first-order valence-corrected chi connectivity index (χ1v) is 4.88. The largest absolute Gasteiger partial charge is 0.373 e. The van der Waals surface area contributed by atoms with Crippen LogP contribution in [-0.4, -0.2) is 11.1 Å². The van der Waals surface area contributed by atoms with Gasteiger partial charge in [-0.2, -0.15) is 0 Å². The van der Waals surface area contributed by atoms with Crippen LogP contribution in [0.15, 0.2) is 18.3 Å². The standard InChI is InChI=1S/C11H15NO/c1-9-5-6-10(7-12-9)8-13-11-3-2-4-11/h5-7,11H,2-4,8H2,1H3. The summed E-state index contributed by atoms with van der Waals surface area (Å²) in [6.45, 7) is 2.72. The fraction of sp³-hybridized carbons (Fsp3) is 0.545. The molecule has 0 aliphatic heterocycles. The summed E-state index contributed by atoms with van der Waals surface area (Å²) in [6.07, 6.45) is 6.21. The van der Waals surface area contributed by atoms with Crippen LogP contribution in [-0.2, 0) is 11.3 Å². The van der Waals surface area contributed by atoms with Crippen molar-refractivity contribution in [3.05, 3.63) is 29.6 Å². The summed E-state index contributed by atoms with van der Waals surface area (Å²) in [5, 5.41) is 0. The average Bonchev–Trinajstić information content (AvgIpc) is 2.05. The molecule has 0 aromatic carbocycles. The minimum Gasteiger partial charge on any atom is -0.373 e. The molecule has 0 bridgehead atoms. The second kappa shape index (κ2) is 3.88. The lowest BCUT2D eigenvalue weighted by Crippen LogP contribution is -2.21. The van der Waals surface area contributed by atoms with Gasteiger partial charge >= 0.3 is 0 Å². The van der Waals surface area contributed by atoms with E-state index in [-0.39, 0.29) is 0 Å². The van der Waals surface area contributed by atoms with Crippen LogP contribution in [0.2, 0.25) is 0 Å². The van der Waals surface area contributed by atoms with E-state index in [0.717, 1.165) is 12.3 Å². The molecule has 1 saturated carbocycles. The number of hydrogen-bond acceptors (Lipinski definition) is 2. The minimum atomic E-state index is 0.515. The summed E-state index contributed by atoms with van der Waals surface area (Å²) in [5.41, 5.74) is 2.24. The van der Waals surface area contributed by atoms with Crippen molar-refractivity contribution in [2.45, 2.75) is 38.9 Å². The van der Waals surface area contributed by atoms with E-state index >= 15 is 0 Å². The third-order valence-electron chi connectivity index (χ3n) is 2.51. The Balaban J connectivity index is 1.83. The first-order chi connectivity index (χ1) is 6.34. The lowest BCUT2D eigenvalue weighted by atomic mass is 9.96. The van der Waals surface area contributed by atoms with Gasteiger partial charge in [0.1, 0.15) is 0 Å². The fourth-order valence-electron chi connectivity index (χ4n) is 1.34. The van der Waals surface area contributed by atoms with Gasteiger partial charge in [-0.3, -0.25) is 4.98 Å². The highest BCUT2D eigenvalue weighted by Crippen LogP contribution is 2.22. The van der Waals surface area contributed by atoms with Gasteiger partial charge in [-0.25, -0.2) is 0 Å². The Hall–Kier alpha value is -0.890. The van der Waals surface area contributed by atoms with Crippen molar-refractivity contribution in [3.8, 4) is 0 Å². The molecule has 1 aliphatic rings. The Labute approximate surface area is 78.9 Å².